The fourth-order valence-electron chi connectivity index (χ4n) is 2.62. The molecule has 0 amide bonds. The first kappa shape index (κ1) is 18.8. The van der Waals surface area contributed by atoms with E-state index in [2.05, 4.69) is 20.6 Å². The van der Waals surface area contributed by atoms with Crippen molar-refractivity contribution < 1.29 is 9.47 Å². The van der Waals surface area contributed by atoms with Crippen LogP contribution in [0.5, 0.6) is 11.5 Å². The van der Waals surface area contributed by atoms with Crippen molar-refractivity contribution in [3.8, 4) is 11.5 Å². The van der Waals surface area contributed by atoms with Gasteiger partial charge in [-0.1, -0.05) is 17.7 Å². The van der Waals surface area contributed by atoms with Crippen LogP contribution in [-0.4, -0.2) is 24.2 Å². The number of methoxy groups -OCH3 is 2. The molecule has 3 aromatic rings. The fourth-order valence-corrected chi connectivity index (χ4v) is 2.88. The molecule has 0 fully saturated rings. The summed E-state index contributed by atoms with van der Waals surface area (Å²) in [4.78, 5) is 8.97. The molecule has 7 heteroatoms. The van der Waals surface area contributed by atoms with Gasteiger partial charge in [-0.3, -0.25) is 0 Å². The van der Waals surface area contributed by atoms with Crippen molar-refractivity contribution in [1.29, 1.82) is 0 Å². The molecule has 1 aromatic heterocycles. The van der Waals surface area contributed by atoms with Gasteiger partial charge in [-0.15, -0.1) is 0 Å². The van der Waals surface area contributed by atoms with Crippen LogP contribution in [0.1, 0.15) is 11.3 Å². The molecule has 2 N–H and O–H groups in total. The van der Waals surface area contributed by atoms with Crippen molar-refractivity contribution in [2.24, 2.45) is 0 Å². The fraction of sp³-hybridized carbons (Fsp3) is 0.200. The van der Waals surface area contributed by atoms with Crippen LogP contribution >= 0.6 is 11.6 Å². The number of benzene rings is 2. The predicted octanol–water partition coefficient (Wildman–Crippen LogP) is 5.25. The van der Waals surface area contributed by atoms with Gasteiger partial charge in [0.1, 0.15) is 17.3 Å². The van der Waals surface area contributed by atoms with Gasteiger partial charge in [-0.05, 0) is 49.7 Å². The number of anilines is 4. The summed E-state index contributed by atoms with van der Waals surface area (Å²) in [5.74, 6) is 2.48. The van der Waals surface area contributed by atoms with E-state index in [1.54, 1.807) is 26.4 Å². The molecule has 0 radical (unpaired) electrons. The molecule has 140 valence electrons. The standard InChI is InChI=1S/C20H21ClN4O2/c1-12-5-7-18(27-4)16(9-12)24-19-10-13(2)22-20(25-19)23-14-6-8-17(26-3)15(21)11-14/h5-11H,1-4H3,(H2,22,23,24,25). The topological polar surface area (TPSA) is 68.3 Å². The summed E-state index contributed by atoms with van der Waals surface area (Å²) < 4.78 is 10.6. The van der Waals surface area contributed by atoms with Gasteiger partial charge in [-0.25, -0.2) is 4.98 Å². The van der Waals surface area contributed by atoms with Crippen LogP contribution in [0.3, 0.4) is 0 Å². The van der Waals surface area contributed by atoms with E-state index in [1.165, 1.54) is 0 Å². The van der Waals surface area contributed by atoms with Crippen molar-refractivity contribution in [2.75, 3.05) is 24.9 Å². The van der Waals surface area contributed by atoms with Gasteiger partial charge >= 0.3 is 0 Å². The number of aromatic nitrogens is 2. The van der Waals surface area contributed by atoms with Crippen LogP contribution in [0, 0.1) is 13.8 Å². The minimum atomic E-state index is 0.463. The largest absolute Gasteiger partial charge is 0.495 e. The number of halogens is 1. The Bertz CT molecular complexity index is 963. The number of rotatable bonds is 6. The third kappa shape index (κ3) is 4.60. The van der Waals surface area contributed by atoms with Crippen molar-refractivity contribution in [3.63, 3.8) is 0 Å². The second-order valence-electron chi connectivity index (χ2n) is 6.02. The molecule has 27 heavy (non-hydrogen) atoms. The van der Waals surface area contributed by atoms with Crippen molar-refractivity contribution in [1.82, 2.24) is 9.97 Å². The smallest absolute Gasteiger partial charge is 0.229 e. The number of hydrogen-bond donors (Lipinski definition) is 2. The van der Waals surface area contributed by atoms with Gasteiger partial charge < -0.3 is 20.1 Å². The van der Waals surface area contributed by atoms with Gasteiger partial charge in [0.05, 0.1) is 24.9 Å². The quantitative estimate of drug-likeness (QED) is 0.604. The highest BCUT2D eigenvalue weighted by molar-refractivity contribution is 6.32. The third-order valence-corrected chi connectivity index (χ3v) is 4.18. The summed E-state index contributed by atoms with van der Waals surface area (Å²) in [6.45, 7) is 3.93. The first-order chi connectivity index (χ1) is 13.0. The van der Waals surface area contributed by atoms with Crippen LogP contribution in [0.15, 0.2) is 42.5 Å². The summed E-state index contributed by atoms with van der Waals surface area (Å²) in [6, 6.07) is 13.2. The van der Waals surface area contributed by atoms with E-state index < -0.39 is 0 Å². The SMILES string of the molecule is COc1ccc(Nc2nc(C)cc(Nc3cc(C)ccc3OC)n2)cc1Cl. The number of aryl methyl sites for hydroxylation is 2. The number of nitrogens with zero attached hydrogens (tertiary/aromatic N) is 2. The normalized spacial score (nSPS) is 10.4. The lowest BCUT2D eigenvalue weighted by Gasteiger charge is -2.13. The van der Waals surface area contributed by atoms with Crippen LogP contribution in [0.25, 0.3) is 0 Å². The average Bonchev–Trinajstić information content (AvgIpc) is 2.61. The molecule has 0 spiro atoms. The zero-order valence-electron chi connectivity index (χ0n) is 15.6. The van der Waals surface area contributed by atoms with E-state index in [1.807, 2.05) is 44.2 Å². The summed E-state index contributed by atoms with van der Waals surface area (Å²) in [5.41, 5.74) is 3.55. The molecule has 0 aliphatic carbocycles. The minimum Gasteiger partial charge on any atom is -0.495 e. The minimum absolute atomic E-state index is 0.463. The van der Waals surface area contributed by atoms with E-state index >= 15 is 0 Å². The van der Waals surface area contributed by atoms with Crippen LogP contribution in [0.4, 0.5) is 23.1 Å². The summed E-state index contributed by atoms with van der Waals surface area (Å²) in [7, 11) is 3.22. The van der Waals surface area contributed by atoms with Gasteiger partial charge in [0.15, 0.2) is 0 Å². The summed E-state index contributed by atoms with van der Waals surface area (Å²) in [5, 5.41) is 6.98. The Labute approximate surface area is 163 Å². The van der Waals surface area contributed by atoms with Crippen LogP contribution in [0.2, 0.25) is 5.02 Å². The molecule has 0 unspecified atom stereocenters. The molecule has 0 aliphatic rings. The number of nitrogens with one attached hydrogen (secondary N) is 2. The number of ether oxygens (including phenoxy) is 2. The van der Waals surface area contributed by atoms with Gasteiger partial charge in [0.2, 0.25) is 5.95 Å². The Hall–Kier alpha value is -2.99. The average molecular weight is 385 g/mol. The molecular weight excluding hydrogens is 364 g/mol. The van der Waals surface area contributed by atoms with Gasteiger partial charge in [-0.2, -0.15) is 4.98 Å². The van der Waals surface area contributed by atoms with Crippen molar-refractivity contribution in [3.05, 3.63) is 58.7 Å². The number of hydrogen-bond acceptors (Lipinski definition) is 6. The highest BCUT2D eigenvalue weighted by Gasteiger charge is 2.08. The molecule has 0 saturated heterocycles. The molecule has 3 rings (SSSR count). The molecule has 0 aliphatic heterocycles. The lowest BCUT2D eigenvalue weighted by atomic mass is 10.2. The lowest BCUT2D eigenvalue weighted by Crippen LogP contribution is -2.03. The molecule has 6 nitrogen and oxygen atoms in total. The predicted molar refractivity (Wildman–Crippen MR) is 109 cm³/mol. The van der Waals surface area contributed by atoms with E-state index in [0.717, 1.165) is 28.4 Å². The van der Waals surface area contributed by atoms with Crippen molar-refractivity contribution in [2.45, 2.75) is 13.8 Å². The molecule has 0 bridgehead atoms. The Morgan fingerprint density at radius 1 is 0.852 bits per heavy atom. The molecule has 2 aromatic carbocycles. The first-order valence-corrected chi connectivity index (χ1v) is 8.74. The highest BCUT2D eigenvalue weighted by atomic mass is 35.5. The molecule has 0 saturated carbocycles. The first-order valence-electron chi connectivity index (χ1n) is 8.36. The van der Waals surface area contributed by atoms with E-state index in [4.69, 9.17) is 21.1 Å². The second kappa shape index (κ2) is 8.14. The Balaban J connectivity index is 1.86. The zero-order valence-corrected chi connectivity index (χ0v) is 16.4. The van der Waals surface area contributed by atoms with Crippen LogP contribution < -0.4 is 20.1 Å². The van der Waals surface area contributed by atoms with Gasteiger partial charge in [0.25, 0.3) is 0 Å². The Morgan fingerprint density at radius 2 is 1.59 bits per heavy atom. The summed E-state index contributed by atoms with van der Waals surface area (Å²) >= 11 is 6.18. The third-order valence-electron chi connectivity index (χ3n) is 3.88. The van der Waals surface area contributed by atoms with E-state index in [0.29, 0.717) is 22.5 Å². The van der Waals surface area contributed by atoms with Crippen molar-refractivity contribution >= 4 is 34.7 Å². The molecule has 0 atom stereocenters. The van der Waals surface area contributed by atoms with Crippen LogP contribution in [-0.2, 0) is 0 Å². The maximum absolute atomic E-state index is 6.18. The zero-order chi connectivity index (χ0) is 19.4. The van der Waals surface area contributed by atoms with Gasteiger partial charge in [0, 0.05) is 17.4 Å². The second-order valence-corrected chi connectivity index (χ2v) is 6.43. The molecular formula is C20H21ClN4O2. The van der Waals surface area contributed by atoms with E-state index in [9.17, 15) is 0 Å². The Morgan fingerprint density at radius 3 is 2.30 bits per heavy atom. The Kier molecular flexibility index (Phi) is 5.66. The maximum atomic E-state index is 6.18. The summed E-state index contributed by atoms with van der Waals surface area (Å²) in [6.07, 6.45) is 0. The molecule has 1 heterocycles. The maximum Gasteiger partial charge on any atom is 0.229 e. The van der Waals surface area contributed by atoms with E-state index in [-0.39, 0.29) is 0 Å². The monoisotopic (exact) mass is 384 g/mol. The highest BCUT2D eigenvalue weighted by Crippen LogP contribution is 2.30. The lowest BCUT2D eigenvalue weighted by molar-refractivity contribution is 0.415.